The molecule has 0 aliphatic heterocycles. The van der Waals surface area contributed by atoms with Crippen LogP contribution in [0.25, 0.3) is 0 Å². The second-order valence-corrected chi connectivity index (χ2v) is 3.14. The van der Waals surface area contributed by atoms with Gasteiger partial charge in [0.25, 0.3) is 5.91 Å². The lowest BCUT2D eigenvalue weighted by Crippen LogP contribution is -2.23. The van der Waals surface area contributed by atoms with Crippen LogP contribution in [0.5, 0.6) is 0 Å². The first kappa shape index (κ1) is 9.51. The van der Waals surface area contributed by atoms with Crippen LogP contribution in [-0.2, 0) is 6.54 Å². The molecule has 0 saturated carbocycles. The van der Waals surface area contributed by atoms with E-state index in [-0.39, 0.29) is 5.91 Å². The topological polar surface area (TPSA) is 70.9 Å². The zero-order valence-corrected chi connectivity index (χ0v) is 8.28. The third kappa shape index (κ3) is 2.07. The number of rotatable bonds is 3. The standard InChI is InChI=1S/C10H11N3O2/c1-7-9(13-6-12-7)10(14)11-5-8-3-2-4-15-8/h2-4,6H,5H2,1H3,(H,11,14)(H,12,13). The maximum Gasteiger partial charge on any atom is 0.272 e. The Morgan fingerprint density at radius 3 is 3.13 bits per heavy atom. The predicted octanol–water partition coefficient (Wildman–Crippen LogP) is 1.24. The monoisotopic (exact) mass is 205 g/mol. The van der Waals surface area contributed by atoms with Crippen molar-refractivity contribution in [1.29, 1.82) is 0 Å². The molecule has 0 radical (unpaired) electrons. The van der Waals surface area contributed by atoms with E-state index in [0.717, 1.165) is 11.5 Å². The van der Waals surface area contributed by atoms with Crippen LogP contribution in [0.4, 0.5) is 0 Å². The van der Waals surface area contributed by atoms with Crippen molar-refractivity contribution in [1.82, 2.24) is 15.3 Å². The largest absolute Gasteiger partial charge is 0.467 e. The molecule has 2 rings (SSSR count). The summed E-state index contributed by atoms with van der Waals surface area (Å²) in [5.74, 6) is 0.515. The van der Waals surface area contributed by atoms with Crippen LogP contribution in [-0.4, -0.2) is 15.9 Å². The molecular formula is C10H11N3O2. The average molecular weight is 205 g/mol. The quantitative estimate of drug-likeness (QED) is 0.791. The van der Waals surface area contributed by atoms with Gasteiger partial charge in [0, 0.05) is 5.69 Å². The van der Waals surface area contributed by atoms with Gasteiger partial charge in [-0.3, -0.25) is 4.79 Å². The van der Waals surface area contributed by atoms with E-state index in [4.69, 9.17) is 4.42 Å². The van der Waals surface area contributed by atoms with Crippen LogP contribution in [0.1, 0.15) is 21.9 Å². The number of carbonyl (C=O) groups is 1. The molecule has 0 aromatic carbocycles. The van der Waals surface area contributed by atoms with Gasteiger partial charge >= 0.3 is 0 Å². The molecule has 15 heavy (non-hydrogen) atoms. The van der Waals surface area contributed by atoms with Gasteiger partial charge < -0.3 is 14.7 Å². The second-order valence-electron chi connectivity index (χ2n) is 3.14. The summed E-state index contributed by atoms with van der Waals surface area (Å²) >= 11 is 0. The molecule has 2 heterocycles. The van der Waals surface area contributed by atoms with E-state index < -0.39 is 0 Å². The molecule has 2 N–H and O–H groups in total. The van der Waals surface area contributed by atoms with Gasteiger partial charge in [0.1, 0.15) is 11.5 Å². The van der Waals surface area contributed by atoms with Gasteiger partial charge in [-0.1, -0.05) is 0 Å². The van der Waals surface area contributed by atoms with Crippen molar-refractivity contribution in [3.8, 4) is 0 Å². The number of H-pyrrole nitrogens is 1. The first-order valence-electron chi connectivity index (χ1n) is 4.58. The number of aromatic nitrogens is 2. The minimum atomic E-state index is -0.204. The first-order valence-corrected chi connectivity index (χ1v) is 4.58. The summed E-state index contributed by atoms with van der Waals surface area (Å²) in [5.41, 5.74) is 1.17. The molecule has 0 fully saturated rings. The zero-order chi connectivity index (χ0) is 10.7. The highest BCUT2D eigenvalue weighted by Crippen LogP contribution is 2.02. The summed E-state index contributed by atoms with van der Waals surface area (Å²) in [6, 6.07) is 3.58. The van der Waals surface area contributed by atoms with Crippen molar-refractivity contribution >= 4 is 5.91 Å². The fraction of sp³-hybridized carbons (Fsp3) is 0.200. The summed E-state index contributed by atoms with van der Waals surface area (Å²) in [4.78, 5) is 18.4. The predicted molar refractivity (Wildman–Crippen MR) is 53.2 cm³/mol. The Bertz CT molecular complexity index is 445. The molecule has 5 heteroatoms. The molecule has 0 bridgehead atoms. The summed E-state index contributed by atoms with van der Waals surface area (Å²) in [6.07, 6.45) is 3.07. The fourth-order valence-electron chi connectivity index (χ4n) is 1.25. The van der Waals surface area contributed by atoms with Crippen LogP contribution >= 0.6 is 0 Å². The van der Waals surface area contributed by atoms with E-state index in [0.29, 0.717) is 12.2 Å². The molecule has 2 aromatic rings. The molecule has 0 saturated heterocycles. The van der Waals surface area contributed by atoms with Gasteiger partial charge in [-0.25, -0.2) is 4.98 Å². The van der Waals surface area contributed by atoms with Crippen LogP contribution in [0.15, 0.2) is 29.1 Å². The van der Waals surface area contributed by atoms with Gasteiger partial charge in [-0.2, -0.15) is 0 Å². The van der Waals surface area contributed by atoms with Crippen LogP contribution in [0, 0.1) is 6.92 Å². The highest BCUT2D eigenvalue weighted by atomic mass is 16.3. The van der Waals surface area contributed by atoms with E-state index in [2.05, 4.69) is 15.3 Å². The highest BCUT2D eigenvalue weighted by molar-refractivity contribution is 5.93. The van der Waals surface area contributed by atoms with Crippen molar-refractivity contribution < 1.29 is 9.21 Å². The molecule has 2 aromatic heterocycles. The number of nitrogens with one attached hydrogen (secondary N) is 2. The molecule has 78 valence electrons. The lowest BCUT2D eigenvalue weighted by Gasteiger charge is -2.00. The Kier molecular flexibility index (Phi) is 2.53. The number of furan rings is 1. The Morgan fingerprint density at radius 1 is 1.67 bits per heavy atom. The Hall–Kier alpha value is -2.04. The van der Waals surface area contributed by atoms with Crippen molar-refractivity contribution in [2.75, 3.05) is 0 Å². The first-order chi connectivity index (χ1) is 7.27. The van der Waals surface area contributed by atoms with Crippen molar-refractivity contribution in [2.45, 2.75) is 13.5 Å². The normalized spacial score (nSPS) is 10.2. The molecule has 5 nitrogen and oxygen atoms in total. The third-order valence-corrected chi connectivity index (χ3v) is 2.05. The number of aryl methyl sites for hydroxylation is 1. The molecule has 0 spiro atoms. The Labute approximate surface area is 86.5 Å². The minimum Gasteiger partial charge on any atom is -0.467 e. The van der Waals surface area contributed by atoms with Gasteiger partial charge in [0.15, 0.2) is 0 Å². The number of nitrogens with zero attached hydrogens (tertiary/aromatic N) is 1. The zero-order valence-electron chi connectivity index (χ0n) is 8.28. The third-order valence-electron chi connectivity index (χ3n) is 2.05. The molecular weight excluding hydrogens is 194 g/mol. The number of carbonyl (C=O) groups excluding carboxylic acids is 1. The van der Waals surface area contributed by atoms with Crippen LogP contribution in [0.2, 0.25) is 0 Å². The summed E-state index contributed by atoms with van der Waals surface area (Å²) < 4.78 is 5.09. The molecule has 0 aliphatic rings. The fourth-order valence-corrected chi connectivity index (χ4v) is 1.25. The SMILES string of the molecule is Cc1[nH]cnc1C(=O)NCc1ccco1. The second kappa shape index (κ2) is 4.00. The minimum absolute atomic E-state index is 0.204. The van der Waals surface area contributed by atoms with Crippen molar-refractivity contribution in [3.05, 3.63) is 41.9 Å². The summed E-state index contributed by atoms with van der Waals surface area (Å²) in [6.45, 7) is 2.17. The summed E-state index contributed by atoms with van der Waals surface area (Å²) in [7, 11) is 0. The Morgan fingerprint density at radius 2 is 2.53 bits per heavy atom. The van der Waals surface area contributed by atoms with E-state index in [1.54, 1.807) is 25.3 Å². The van der Waals surface area contributed by atoms with Crippen LogP contribution < -0.4 is 5.32 Å². The van der Waals surface area contributed by atoms with Gasteiger partial charge in [0.05, 0.1) is 19.1 Å². The van der Waals surface area contributed by atoms with E-state index in [1.807, 2.05) is 0 Å². The van der Waals surface area contributed by atoms with Gasteiger partial charge in [-0.05, 0) is 19.1 Å². The number of aromatic amines is 1. The maximum absolute atomic E-state index is 11.6. The molecule has 0 unspecified atom stereocenters. The number of hydrogen-bond donors (Lipinski definition) is 2. The van der Waals surface area contributed by atoms with Crippen LogP contribution in [0.3, 0.4) is 0 Å². The number of amides is 1. The van der Waals surface area contributed by atoms with E-state index >= 15 is 0 Å². The number of imidazole rings is 1. The lowest BCUT2D eigenvalue weighted by molar-refractivity contribution is 0.0943. The van der Waals surface area contributed by atoms with Gasteiger partial charge in [-0.15, -0.1) is 0 Å². The van der Waals surface area contributed by atoms with Crippen molar-refractivity contribution in [2.24, 2.45) is 0 Å². The summed E-state index contributed by atoms with van der Waals surface area (Å²) in [5, 5.41) is 2.71. The van der Waals surface area contributed by atoms with E-state index in [1.165, 1.54) is 6.33 Å². The molecule has 0 aliphatic carbocycles. The molecule has 1 amide bonds. The van der Waals surface area contributed by atoms with E-state index in [9.17, 15) is 4.79 Å². The van der Waals surface area contributed by atoms with Crippen molar-refractivity contribution in [3.63, 3.8) is 0 Å². The average Bonchev–Trinajstić information content (AvgIpc) is 2.84. The highest BCUT2D eigenvalue weighted by Gasteiger charge is 2.11. The molecule has 0 atom stereocenters. The lowest BCUT2D eigenvalue weighted by atomic mass is 10.3. The smallest absolute Gasteiger partial charge is 0.272 e. The van der Waals surface area contributed by atoms with Gasteiger partial charge in [0.2, 0.25) is 0 Å². The Balaban J connectivity index is 1.96. The maximum atomic E-state index is 11.6. The number of hydrogen-bond acceptors (Lipinski definition) is 3.